The van der Waals surface area contributed by atoms with Crippen molar-refractivity contribution in [2.24, 2.45) is 11.8 Å². The van der Waals surface area contributed by atoms with Gasteiger partial charge in [-0.05, 0) is 24.1 Å². The minimum Gasteiger partial charge on any atom is -0.491 e. The van der Waals surface area contributed by atoms with Gasteiger partial charge in [0.2, 0.25) is 0 Å². The van der Waals surface area contributed by atoms with E-state index in [2.05, 4.69) is 0 Å². The van der Waals surface area contributed by atoms with E-state index < -0.39 is 18.5 Å². The Balaban J connectivity index is 1.53. The van der Waals surface area contributed by atoms with Crippen LogP contribution < -0.4 is 4.74 Å². The van der Waals surface area contributed by atoms with E-state index in [4.69, 9.17) is 21.1 Å². The van der Waals surface area contributed by atoms with E-state index in [1.807, 2.05) is 6.08 Å². The third-order valence-corrected chi connectivity index (χ3v) is 4.70. The summed E-state index contributed by atoms with van der Waals surface area (Å²) in [4.78, 5) is 0. The van der Waals surface area contributed by atoms with Crippen LogP contribution in [0.15, 0.2) is 36.4 Å². The van der Waals surface area contributed by atoms with Crippen LogP contribution >= 0.6 is 11.6 Å². The smallest absolute Gasteiger partial charge is 0.155 e. The molecule has 1 heterocycles. The molecule has 1 saturated carbocycles. The lowest BCUT2D eigenvalue weighted by Crippen LogP contribution is -2.20. The van der Waals surface area contributed by atoms with Crippen LogP contribution in [-0.2, 0) is 4.74 Å². The van der Waals surface area contributed by atoms with Gasteiger partial charge in [-0.15, -0.1) is 0 Å². The zero-order valence-corrected chi connectivity index (χ0v) is 13.3. The lowest BCUT2D eigenvalue weighted by molar-refractivity contribution is -0.0949. The Kier molecular flexibility index (Phi) is 5.24. The molecule has 3 rings (SSSR count). The van der Waals surface area contributed by atoms with Crippen molar-refractivity contribution in [1.29, 1.82) is 0 Å². The van der Waals surface area contributed by atoms with Gasteiger partial charge >= 0.3 is 0 Å². The minimum absolute atomic E-state index is 0.0947. The highest BCUT2D eigenvalue weighted by atomic mass is 35.5. The number of rotatable bonds is 5. The molecule has 5 nitrogen and oxygen atoms in total. The summed E-state index contributed by atoms with van der Waals surface area (Å²) in [7, 11) is 0. The summed E-state index contributed by atoms with van der Waals surface area (Å²) in [6.07, 6.45) is 2.34. The summed E-state index contributed by atoms with van der Waals surface area (Å²) < 4.78 is 10.9. The van der Waals surface area contributed by atoms with Gasteiger partial charge in [0.15, 0.2) is 6.29 Å². The highest BCUT2D eigenvalue weighted by Crippen LogP contribution is 2.43. The van der Waals surface area contributed by atoms with Gasteiger partial charge in [-0.3, -0.25) is 0 Å². The van der Waals surface area contributed by atoms with Gasteiger partial charge in [0.1, 0.15) is 18.5 Å². The van der Waals surface area contributed by atoms with Crippen LogP contribution in [0.5, 0.6) is 5.75 Å². The van der Waals surface area contributed by atoms with Crippen LogP contribution in [-0.4, -0.2) is 46.5 Å². The first-order chi connectivity index (χ1) is 11.0. The zero-order valence-electron chi connectivity index (χ0n) is 12.6. The molecule has 0 radical (unpaired) electrons. The number of aliphatic hydroxyl groups is 3. The molecule has 1 saturated heterocycles. The molecule has 6 atom stereocenters. The fourth-order valence-corrected chi connectivity index (χ4v) is 3.56. The van der Waals surface area contributed by atoms with Crippen LogP contribution in [0.25, 0.3) is 0 Å². The van der Waals surface area contributed by atoms with Crippen molar-refractivity contribution < 1.29 is 24.8 Å². The SMILES string of the molecule is OC1C[C@@H]2[C@@H](/C=C/[C@@H](O)COc3cccc(Cl)c3)[C@H](O)C[C@@H]2O1. The maximum absolute atomic E-state index is 10.1. The summed E-state index contributed by atoms with van der Waals surface area (Å²) in [6, 6.07) is 6.98. The predicted octanol–water partition coefficient (Wildman–Crippen LogP) is 1.74. The Morgan fingerprint density at radius 2 is 2.17 bits per heavy atom. The van der Waals surface area contributed by atoms with E-state index in [0.29, 0.717) is 23.6 Å². The molecule has 23 heavy (non-hydrogen) atoms. The second-order valence-electron chi connectivity index (χ2n) is 6.13. The Bertz CT molecular complexity index is 564. The van der Waals surface area contributed by atoms with Crippen molar-refractivity contribution in [2.45, 2.75) is 37.4 Å². The lowest BCUT2D eigenvalue weighted by atomic mass is 9.91. The maximum atomic E-state index is 10.1. The predicted molar refractivity (Wildman–Crippen MR) is 85.2 cm³/mol. The third-order valence-electron chi connectivity index (χ3n) is 4.47. The summed E-state index contributed by atoms with van der Waals surface area (Å²) >= 11 is 5.87. The number of fused-ring (bicyclic) bond motifs is 1. The topological polar surface area (TPSA) is 79.2 Å². The number of benzene rings is 1. The fourth-order valence-electron chi connectivity index (χ4n) is 3.38. The van der Waals surface area contributed by atoms with Gasteiger partial charge in [-0.1, -0.05) is 29.8 Å². The normalized spacial score (nSPS) is 34.7. The summed E-state index contributed by atoms with van der Waals surface area (Å²) in [5.74, 6) is 0.577. The number of ether oxygens (including phenoxy) is 2. The second kappa shape index (κ2) is 7.20. The monoisotopic (exact) mass is 340 g/mol. The summed E-state index contributed by atoms with van der Waals surface area (Å²) in [5.41, 5.74) is 0. The van der Waals surface area contributed by atoms with Gasteiger partial charge in [0.05, 0.1) is 12.2 Å². The molecule has 6 heteroatoms. The molecule has 0 aromatic heterocycles. The molecule has 1 aliphatic heterocycles. The van der Waals surface area contributed by atoms with Crippen molar-refractivity contribution in [1.82, 2.24) is 0 Å². The molecule has 3 N–H and O–H groups in total. The zero-order chi connectivity index (χ0) is 16.4. The number of hydrogen-bond donors (Lipinski definition) is 3. The number of hydrogen-bond acceptors (Lipinski definition) is 5. The van der Waals surface area contributed by atoms with Gasteiger partial charge in [0, 0.05) is 23.8 Å². The van der Waals surface area contributed by atoms with Crippen molar-refractivity contribution in [3.8, 4) is 5.75 Å². The molecule has 1 aliphatic carbocycles. The van der Waals surface area contributed by atoms with Gasteiger partial charge in [-0.2, -0.15) is 0 Å². The molecule has 0 bridgehead atoms. The second-order valence-corrected chi connectivity index (χ2v) is 6.57. The molecule has 0 amide bonds. The van der Waals surface area contributed by atoms with Crippen LogP contribution in [0.4, 0.5) is 0 Å². The average Bonchev–Trinajstić information content (AvgIpc) is 2.98. The summed E-state index contributed by atoms with van der Waals surface area (Å²) in [5, 5.41) is 30.2. The first-order valence-corrected chi connectivity index (χ1v) is 8.17. The largest absolute Gasteiger partial charge is 0.491 e. The molecular formula is C17H21ClO5. The van der Waals surface area contributed by atoms with Crippen molar-refractivity contribution in [3.05, 3.63) is 41.4 Å². The van der Waals surface area contributed by atoms with Gasteiger partial charge in [-0.25, -0.2) is 0 Å². The Morgan fingerprint density at radius 1 is 1.35 bits per heavy atom. The van der Waals surface area contributed by atoms with E-state index in [1.54, 1.807) is 30.3 Å². The Morgan fingerprint density at radius 3 is 2.96 bits per heavy atom. The molecule has 0 spiro atoms. The molecule has 2 fully saturated rings. The highest BCUT2D eigenvalue weighted by molar-refractivity contribution is 6.30. The van der Waals surface area contributed by atoms with E-state index in [0.717, 1.165) is 0 Å². The van der Waals surface area contributed by atoms with Crippen molar-refractivity contribution >= 4 is 11.6 Å². The standard InChI is InChI=1S/C17H21ClO5/c18-10-2-1-3-12(6-10)22-9-11(19)4-5-13-14-7-17(21)23-16(14)8-15(13)20/h1-6,11,13-17,19-21H,7-9H2/b5-4+/t11-,13-,14-,15-,16+,17?/m1/s1. The highest BCUT2D eigenvalue weighted by Gasteiger charge is 2.47. The number of halogens is 1. The molecule has 126 valence electrons. The molecule has 1 aromatic carbocycles. The van der Waals surface area contributed by atoms with E-state index >= 15 is 0 Å². The quantitative estimate of drug-likeness (QED) is 0.712. The molecule has 1 unspecified atom stereocenters. The minimum atomic E-state index is -0.785. The molecular weight excluding hydrogens is 320 g/mol. The van der Waals surface area contributed by atoms with Crippen LogP contribution in [0, 0.1) is 11.8 Å². The first-order valence-electron chi connectivity index (χ1n) is 7.79. The van der Waals surface area contributed by atoms with Crippen LogP contribution in [0.1, 0.15) is 12.8 Å². The van der Waals surface area contributed by atoms with E-state index in [1.165, 1.54) is 0 Å². The Hall–Kier alpha value is -1.11. The van der Waals surface area contributed by atoms with Crippen LogP contribution in [0.2, 0.25) is 5.02 Å². The third kappa shape index (κ3) is 4.05. The number of aliphatic hydroxyl groups excluding tert-OH is 3. The van der Waals surface area contributed by atoms with Crippen LogP contribution in [0.3, 0.4) is 0 Å². The van der Waals surface area contributed by atoms with E-state index in [9.17, 15) is 15.3 Å². The van der Waals surface area contributed by atoms with E-state index in [-0.39, 0.29) is 24.5 Å². The summed E-state index contributed by atoms with van der Waals surface area (Å²) in [6.45, 7) is 0.104. The van der Waals surface area contributed by atoms with Gasteiger partial charge < -0.3 is 24.8 Å². The Labute approximate surface area is 140 Å². The molecule has 1 aromatic rings. The molecule has 2 aliphatic rings. The lowest BCUT2D eigenvalue weighted by Gasteiger charge is -2.17. The van der Waals surface area contributed by atoms with Gasteiger partial charge in [0.25, 0.3) is 0 Å². The maximum Gasteiger partial charge on any atom is 0.155 e. The average molecular weight is 341 g/mol. The van der Waals surface area contributed by atoms with Crippen molar-refractivity contribution in [2.75, 3.05) is 6.61 Å². The van der Waals surface area contributed by atoms with Crippen molar-refractivity contribution in [3.63, 3.8) is 0 Å². The fraction of sp³-hybridized carbons (Fsp3) is 0.529. The first kappa shape index (κ1) is 16.7.